The Morgan fingerprint density at radius 2 is 1.00 bits per heavy atom. The number of ether oxygens (including phenoxy) is 2. The number of aryl methyl sites for hydroxylation is 4. The van der Waals surface area contributed by atoms with Crippen LogP contribution in [0.25, 0.3) is 0 Å². The van der Waals surface area contributed by atoms with Crippen LogP contribution in [0.4, 0.5) is 22.7 Å². The number of carbonyl (C=O) groups excluding carboxylic acids is 3. The molecule has 9 N–H and O–H groups in total. The van der Waals surface area contributed by atoms with Crippen molar-refractivity contribution in [3.63, 3.8) is 0 Å². The highest BCUT2D eigenvalue weighted by Gasteiger charge is 2.09. The van der Waals surface area contributed by atoms with E-state index < -0.39 is 16.8 Å². The highest BCUT2D eigenvalue weighted by Crippen LogP contribution is 2.20. The van der Waals surface area contributed by atoms with E-state index in [-0.39, 0.29) is 30.5 Å². The van der Waals surface area contributed by atoms with Gasteiger partial charge in [-0.25, -0.2) is 5.48 Å². The Labute approximate surface area is 320 Å². The maximum atomic E-state index is 11.3. The third-order valence-corrected chi connectivity index (χ3v) is 7.59. The van der Waals surface area contributed by atoms with Crippen LogP contribution in [0.1, 0.15) is 58.4 Å². The molecule has 4 rings (SSSR count). The van der Waals surface area contributed by atoms with Crippen LogP contribution in [-0.4, -0.2) is 52.3 Å². The molecular formula is C40H51N5O10. The third kappa shape index (κ3) is 18.2. The minimum absolute atomic E-state index is 0.0332. The number of anilines is 3. The highest BCUT2D eigenvalue weighted by atomic mass is 16.6. The minimum Gasteiger partial charge on any atom is -0.481 e. The van der Waals surface area contributed by atoms with Gasteiger partial charge >= 0.3 is 17.9 Å². The zero-order valence-corrected chi connectivity index (χ0v) is 32.0. The summed E-state index contributed by atoms with van der Waals surface area (Å²) in [5.41, 5.74) is 28.1. The summed E-state index contributed by atoms with van der Waals surface area (Å²) in [6.07, 6.45) is 0.681. The van der Waals surface area contributed by atoms with Crippen molar-refractivity contribution in [3.05, 3.63) is 127 Å². The molecule has 0 radical (unpaired) electrons. The summed E-state index contributed by atoms with van der Waals surface area (Å²) < 4.78 is 9.69. The number of nitrogens with one attached hydrogen (secondary N) is 1. The molecule has 0 aromatic heterocycles. The van der Waals surface area contributed by atoms with Gasteiger partial charge in [0.15, 0.2) is 0 Å². The van der Waals surface area contributed by atoms with Gasteiger partial charge in [-0.2, -0.15) is 0 Å². The van der Waals surface area contributed by atoms with Crippen molar-refractivity contribution < 1.29 is 43.9 Å². The second-order valence-electron chi connectivity index (χ2n) is 12.2. The average Bonchev–Trinajstić information content (AvgIpc) is 3.11. The van der Waals surface area contributed by atoms with E-state index in [0.29, 0.717) is 37.3 Å². The summed E-state index contributed by atoms with van der Waals surface area (Å²) in [5, 5.41) is 27.0. The number of amides is 1. The molecule has 0 heterocycles. The molecule has 296 valence electrons. The molecule has 0 aliphatic carbocycles. The average molecular weight is 762 g/mol. The number of rotatable bonds is 11. The van der Waals surface area contributed by atoms with Crippen LogP contribution in [0.15, 0.2) is 72.8 Å². The maximum Gasteiger partial charge on any atom is 0.310 e. The number of hydrogen-bond donors (Lipinski definition) is 6. The van der Waals surface area contributed by atoms with Crippen molar-refractivity contribution in [2.24, 2.45) is 0 Å². The second kappa shape index (κ2) is 24.0. The van der Waals surface area contributed by atoms with Gasteiger partial charge in [-0.15, -0.1) is 0 Å². The Kier molecular flexibility index (Phi) is 20.3. The summed E-state index contributed by atoms with van der Waals surface area (Å²) in [5.74, 6) is -1.77. The topological polar surface area (TPSA) is 260 Å². The van der Waals surface area contributed by atoms with Crippen LogP contribution in [-0.2, 0) is 54.3 Å². The second-order valence-corrected chi connectivity index (χ2v) is 12.2. The Hall–Kier alpha value is -6.48. The largest absolute Gasteiger partial charge is 0.481 e. The van der Waals surface area contributed by atoms with E-state index in [1.54, 1.807) is 31.5 Å². The first-order chi connectivity index (χ1) is 25.9. The molecule has 0 unspecified atom stereocenters. The standard InChI is InChI=1S/C12H17NO2.C10H14N2O2.C10H13NO2.C8H7NO4/c1-4-15-11(14)7-10-5-8(2)12(13)9(3)6-10;1-6-3-8(5-9(13)12-14)4-7(2)10(6)11;1-2-13-10(12)7-8-3-5-9(11)6-4-8;10-8(11)5-6-1-3-7(4-2-6)9(12)13/h5-6H,4,7,13H2,1-3H3;3-4,14H,5,11H2,1-2H3,(H,12,13);3-6H,2,7,11H2,1H3;1-4H,5H2,(H,10,11). The number of aliphatic carboxylic acids is 1. The van der Waals surface area contributed by atoms with Gasteiger partial charge in [-0.05, 0) is 98.2 Å². The summed E-state index contributed by atoms with van der Waals surface area (Å²) in [6.45, 7) is 12.1. The Morgan fingerprint density at radius 3 is 1.36 bits per heavy atom. The number of nitro groups is 1. The number of benzene rings is 4. The van der Waals surface area contributed by atoms with Crippen LogP contribution in [0, 0.1) is 37.8 Å². The van der Waals surface area contributed by atoms with Crippen molar-refractivity contribution in [1.29, 1.82) is 0 Å². The molecule has 4 aromatic carbocycles. The first-order valence-electron chi connectivity index (χ1n) is 17.1. The monoisotopic (exact) mass is 761 g/mol. The summed E-state index contributed by atoms with van der Waals surface area (Å²) >= 11 is 0. The van der Waals surface area contributed by atoms with Gasteiger partial charge in [0, 0.05) is 29.2 Å². The third-order valence-electron chi connectivity index (χ3n) is 7.59. The van der Waals surface area contributed by atoms with Crippen LogP contribution in [0.5, 0.6) is 0 Å². The zero-order chi connectivity index (χ0) is 41.7. The molecular weight excluding hydrogens is 710 g/mol. The summed E-state index contributed by atoms with van der Waals surface area (Å²) in [6, 6.07) is 20.2. The van der Waals surface area contributed by atoms with Gasteiger partial charge in [-0.3, -0.25) is 34.5 Å². The van der Waals surface area contributed by atoms with Crippen molar-refractivity contribution >= 4 is 46.6 Å². The number of non-ortho nitro benzene ring substituents is 1. The molecule has 0 saturated heterocycles. The Balaban J connectivity index is 0.000000367. The zero-order valence-electron chi connectivity index (χ0n) is 32.0. The number of esters is 2. The smallest absolute Gasteiger partial charge is 0.310 e. The number of nitro benzene ring substituents is 1. The SMILES string of the molecule is CCOC(=O)Cc1cc(C)c(N)c(C)c1.CCOC(=O)Cc1ccc(N)cc1.Cc1cc(CC(=O)NO)cc(C)c1N.O=C(O)Cc1ccc([N+](=O)[O-])cc1. The van der Waals surface area contributed by atoms with E-state index >= 15 is 0 Å². The predicted octanol–water partition coefficient (Wildman–Crippen LogP) is 5.52. The number of carboxylic acid groups (broad SMARTS) is 1. The molecule has 0 atom stereocenters. The molecule has 0 bridgehead atoms. The lowest BCUT2D eigenvalue weighted by Crippen LogP contribution is -2.20. The number of carbonyl (C=O) groups is 4. The molecule has 15 nitrogen and oxygen atoms in total. The lowest BCUT2D eigenvalue weighted by atomic mass is 10.0. The van der Waals surface area contributed by atoms with E-state index in [0.717, 1.165) is 50.3 Å². The minimum atomic E-state index is -0.950. The van der Waals surface area contributed by atoms with Crippen molar-refractivity contribution in [1.82, 2.24) is 5.48 Å². The summed E-state index contributed by atoms with van der Waals surface area (Å²) in [4.78, 5) is 53.2. The van der Waals surface area contributed by atoms with Gasteiger partial charge in [0.2, 0.25) is 5.91 Å². The quantitative estimate of drug-likeness (QED) is 0.0362. The van der Waals surface area contributed by atoms with Crippen molar-refractivity contribution in [2.75, 3.05) is 30.4 Å². The molecule has 0 aliphatic heterocycles. The molecule has 1 amide bonds. The fourth-order valence-electron chi connectivity index (χ4n) is 4.86. The number of nitrogen functional groups attached to an aromatic ring is 3. The van der Waals surface area contributed by atoms with Crippen LogP contribution >= 0.6 is 0 Å². The van der Waals surface area contributed by atoms with Crippen LogP contribution < -0.4 is 22.7 Å². The molecule has 15 heteroatoms. The molecule has 0 aliphatic rings. The molecule has 0 spiro atoms. The molecule has 0 fully saturated rings. The summed E-state index contributed by atoms with van der Waals surface area (Å²) in [7, 11) is 0. The number of hydrogen-bond acceptors (Lipinski definition) is 12. The van der Waals surface area contributed by atoms with Crippen LogP contribution in [0.2, 0.25) is 0 Å². The van der Waals surface area contributed by atoms with Crippen LogP contribution in [0.3, 0.4) is 0 Å². The molecule has 4 aromatic rings. The number of carboxylic acids is 1. The van der Waals surface area contributed by atoms with Gasteiger partial charge in [0.1, 0.15) is 0 Å². The normalized spacial score (nSPS) is 9.80. The van der Waals surface area contributed by atoms with Gasteiger partial charge in [-0.1, -0.05) is 48.5 Å². The van der Waals surface area contributed by atoms with Gasteiger partial charge in [0.05, 0.1) is 43.8 Å². The van der Waals surface area contributed by atoms with E-state index in [4.69, 9.17) is 37.0 Å². The fraction of sp³-hybridized carbons (Fsp3) is 0.300. The Morgan fingerprint density at radius 1 is 0.636 bits per heavy atom. The number of hydroxylamine groups is 1. The highest BCUT2D eigenvalue weighted by molar-refractivity contribution is 5.78. The first-order valence-corrected chi connectivity index (χ1v) is 17.1. The first kappa shape index (κ1) is 46.5. The van der Waals surface area contributed by atoms with Crippen molar-refractivity contribution in [2.45, 2.75) is 67.2 Å². The Bertz CT molecular complexity index is 1850. The van der Waals surface area contributed by atoms with E-state index in [2.05, 4.69) is 0 Å². The molecule has 0 saturated carbocycles. The number of nitrogens with two attached hydrogens (primary N) is 3. The lowest BCUT2D eigenvalue weighted by molar-refractivity contribution is -0.384. The fourth-order valence-corrected chi connectivity index (χ4v) is 4.86. The lowest BCUT2D eigenvalue weighted by Gasteiger charge is -2.08. The van der Waals surface area contributed by atoms with Gasteiger partial charge in [0.25, 0.3) is 5.69 Å². The maximum absolute atomic E-state index is 11.3. The van der Waals surface area contributed by atoms with E-state index in [9.17, 15) is 29.3 Å². The van der Waals surface area contributed by atoms with Gasteiger partial charge < -0.3 is 31.8 Å². The number of nitrogens with zero attached hydrogens (tertiary/aromatic N) is 1. The predicted molar refractivity (Wildman–Crippen MR) is 210 cm³/mol. The van der Waals surface area contributed by atoms with Crippen molar-refractivity contribution in [3.8, 4) is 0 Å². The molecule has 55 heavy (non-hydrogen) atoms. The van der Waals surface area contributed by atoms with E-state index in [1.807, 2.05) is 64.1 Å². The van der Waals surface area contributed by atoms with E-state index in [1.165, 1.54) is 24.3 Å².